The minimum absolute atomic E-state index is 0.0789. The van der Waals surface area contributed by atoms with Crippen molar-refractivity contribution in [3.63, 3.8) is 0 Å². The van der Waals surface area contributed by atoms with Crippen LogP contribution in [0.5, 0.6) is 5.75 Å². The van der Waals surface area contributed by atoms with Gasteiger partial charge in [-0.25, -0.2) is 9.78 Å². The molecule has 34 heavy (non-hydrogen) atoms. The Bertz CT molecular complexity index is 1300. The Balaban J connectivity index is 1.39. The van der Waals surface area contributed by atoms with Gasteiger partial charge in [-0.2, -0.15) is 5.26 Å². The molecule has 7 nitrogen and oxygen atoms in total. The molecule has 2 atom stereocenters. The van der Waals surface area contributed by atoms with Crippen LogP contribution in [0.2, 0.25) is 0 Å². The molecule has 2 unspecified atom stereocenters. The molecule has 8 heteroatoms. The number of amides is 1. The molecular weight excluding hydrogens is 496 g/mol. The maximum absolute atomic E-state index is 12.9. The van der Waals surface area contributed by atoms with Gasteiger partial charge in [-0.15, -0.1) is 0 Å². The largest absolute Gasteiger partial charge is 0.494 e. The van der Waals surface area contributed by atoms with Gasteiger partial charge in [-0.3, -0.25) is 4.90 Å². The molecule has 3 aromatic rings. The topological polar surface area (TPSA) is 80.4 Å². The Labute approximate surface area is 207 Å². The summed E-state index contributed by atoms with van der Waals surface area (Å²) in [6, 6.07) is 13.5. The van der Waals surface area contributed by atoms with Gasteiger partial charge in [0.05, 0.1) is 42.3 Å². The first kappa shape index (κ1) is 22.7. The number of nitrogens with zero attached hydrogens (tertiary/aromatic N) is 4. The number of hydrogen-bond acceptors (Lipinski definition) is 5. The number of fused-ring (bicyclic) bond motifs is 1. The molecular formula is C26H27BrN4O3. The lowest BCUT2D eigenvalue weighted by molar-refractivity contribution is -0.0264. The summed E-state index contributed by atoms with van der Waals surface area (Å²) in [6.07, 6.45) is 5.18. The van der Waals surface area contributed by atoms with Crippen molar-refractivity contribution in [2.24, 2.45) is 5.41 Å². The number of anilines is 1. The van der Waals surface area contributed by atoms with Gasteiger partial charge in [0.1, 0.15) is 16.9 Å². The van der Waals surface area contributed by atoms with Gasteiger partial charge in [0, 0.05) is 17.1 Å². The maximum atomic E-state index is 12.9. The highest BCUT2D eigenvalue weighted by Crippen LogP contribution is 2.48. The zero-order chi connectivity index (χ0) is 23.9. The molecule has 2 heterocycles. The van der Waals surface area contributed by atoms with Crippen LogP contribution < -0.4 is 9.64 Å². The van der Waals surface area contributed by atoms with Crippen LogP contribution >= 0.6 is 15.9 Å². The van der Waals surface area contributed by atoms with Crippen molar-refractivity contribution < 1.29 is 14.3 Å². The molecule has 1 aliphatic heterocycles. The van der Waals surface area contributed by atoms with Gasteiger partial charge < -0.3 is 14.0 Å². The van der Waals surface area contributed by atoms with Gasteiger partial charge in [-0.1, -0.05) is 13.0 Å². The normalized spacial score (nSPS) is 24.4. The first-order chi connectivity index (χ1) is 16.3. The fourth-order valence-electron chi connectivity index (χ4n) is 5.60. The number of imidazole rings is 1. The van der Waals surface area contributed by atoms with E-state index >= 15 is 0 Å². The Kier molecular flexibility index (Phi) is 5.76. The van der Waals surface area contributed by atoms with Crippen molar-refractivity contribution in [3.05, 3.63) is 52.8 Å². The molecule has 1 aromatic heterocycles. The van der Waals surface area contributed by atoms with Crippen LogP contribution in [-0.4, -0.2) is 34.4 Å². The second-order valence-electron chi connectivity index (χ2n) is 9.72. The van der Waals surface area contributed by atoms with E-state index in [4.69, 9.17) is 9.47 Å². The van der Waals surface area contributed by atoms with Crippen LogP contribution in [0.3, 0.4) is 0 Å². The molecule has 1 amide bonds. The second-order valence-corrected chi connectivity index (χ2v) is 10.6. The Morgan fingerprint density at radius 3 is 2.94 bits per heavy atom. The molecule has 2 fully saturated rings. The summed E-state index contributed by atoms with van der Waals surface area (Å²) in [5.74, 6) is 0.747. The van der Waals surface area contributed by atoms with E-state index in [9.17, 15) is 10.1 Å². The lowest BCUT2D eigenvalue weighted by Crippen LogP contribution is -2.45. The lowest BCUT2D eigenvalue weighted by Gasteiger charge is -2.43. The highest BCUT2D eigenvalue weighted by molar-refractivity contribution is 9.10. The molecule has 1 saturated heterocycles. The number of hydrogen-bond donors (Lipinski definition) is 0. The predicted octanol–water partition coefficient (Wildman–Crippen LogP) is 6.05. The van der Waals surface area contributed by atoms with Crippen molar-refractivity contribution in [2.45, 2.75) is 51.7 Å². The van der Waals surface area contributed by atoms with E-state index in [1.165, 1.54) is 0 Å². The van der Waals surface area contributed by atoms with Gasteiger partial charge in [0.15, 0.2) is 0 Å². The van der Waals surface area contributed by atoms with Crippen molar-refractivity contribution in [2.75, 3.05) is 18.1 Å². The highest BCUT2D eigenvalue weighted by Gasteiger charge is 2.51. The Morgan fingerprint density at radius 2 is 2.15 bits per heavy atom. The van der Waals surface area contributed by atoms with E-state index in [0.717, 1.165) is 59.2 Å². The van der Waals surface area contributed by atoms with Crippen LogP contribution in [0.25, 0.3) is 11.0 Å². The third-order valence-corrected chi connectivity index (χ3v) is 7.54. The van der Waals surface area contributed by atoms with Gasteiger partial charge in [-0.05, 0) is 78.2 Å². The standard InChI is InChI=1S/C26H27BrN4O3/c1-3-33-20-7-4-6-19(12-20)31-16-26(34-24(31)32)9-5-8-25(2,14-26)15-30-17-29-23-21(27)10-18(13-28)11-22(23)30/h4,6-7,10-12,17H,3,5,8-9,14-16H2,1-2H3. The molecule has 2 aliphatic rings. The van der Waals surface area contributed by atoms with Crippen LogP contribution in [0.1, 0.15) is 45.1 Å². The Hall–Kier alpha value is -3.05. The van der Waals surface area contributed by atoms with Gasteiger partial charge in [0.2, 0.25) is 0 Å². The zero-order valence-corrected chi connectivity index (χ0v) is 21.0. The molecule has 0 bridgehead atoms. The number of benzene rings is 2. The van der Waals surface area contributed by atoms with E-state index in [1.54, 1.807) is 11.0 Å². The number of carbonyl (C=O) groups excluding carboxylic acids is 1. The molecule has 1 spiro atoms. The molecule has 1 aliphatic carbocycles. The number of ether oxygens (including phenoxy) is 2. The van der Waals surface area contributed by atoms with Gasteiger partial charge in [0.25, 0.3) is 0 Å². The second kappa shape index (κ2) is 8.62. The smallest absolute Gasteiger partial charge is 0.415 e. The molecule has 0 N–H and O–H groups in total. The first-order valence-electron chi connectivity index (χ1n) is 11.6. The van der Waals surface area contributed by atoms with E-state index in [-0.39, 0.29) is 11.5 Å². The summed E-state index contributed by atoms with van der Waals surface area (Å²) in [7, 11) is 0. The van der Waals surface area contributed by atoms with Crippen LogP contribution in [-0.2, 0) is 11.3 Å². The molecule has 176 valence electrons. The Morgan fingerprint density at radius 1 is 1.29 bits per heavy atom. The predicted molar refractivity (Wildman–Crippen MR) is 133 cm³/mol. The summed E-state index contributed by atoms with van der Waals surface area (Å²) in [5.41, 5.74) is 2.59. The third-order valence-electron chi connectivity index (χ3n) is 6.93. The summed E-state index contributed by atoms with van der Waals surface area (Å²) in [6.45, 7) is 6.05. The van der Waals surface area contributed by atoms with Gasteiger partial charge >= 0.3 is 6.09 Å². The molecule has 0 radical (unpaired) electrons. The molecule has 5 rings (SSSR count). The van der Waals surface area contributed by atoms with Crippen molar-refractivity contribution in [3.8, 4) is 11.8 Å². The van der Waals surface area contributed by atoms with Crippen molar-refractivity contribution in [1.82, 2.24) is 9.55 Å². The van der Waals surface area contributed by atoms with E-state index in [2.05, 4.69) is 38.5 Å². The first-order valence-corrected chi connectivity index (χ1v) is 12.4. The zero-order valence-electron chi connectivity index (χ0n) is 19.4. The summed E-state index contributed by atoms with van der Waals surface area (Å²) >= 11 is 3.54. The van der Waals surface area contributed by atoms with Crippen LogP contribution in [0.15, 0.2) is 47.2 Å². The average Bonchev–Trinajstić information content (AvgIpc) is 3.34. The number of halogens is 1. The SMILES string of the molecule is CCOc1cccc(N2CC3(CCCC(C)(Cn4cnc5c(Br)cc(C#N)cc54)C3)OC2=O)c1. The minimum Gasteiger partial charge on any atom is -0.494 e. The van der Waals surface area contributed by atoms with E-state index in [0.29, 0.717) is 18.7 Å². The van der Waals surface area contributed by atoms with Crippen LogP contribution in [0, 0.1) is 16.7 Å². The fourth-order valence-corrected chi connectivity index (χ4v) is 6.15. The van der Waals surface area contributed by atoms with E-state index in [1.807, 2.05) is 43.6 Å². The monoisotopic (exact) mass is 522 g/mol. The third kappa shape index (κ3) is 4.14. The minimum atomic E-state index is -0.513. The quantitative estimate of drug-likeness (QED) is 0.407. The van der Waals surface area contributed by atoms with Crippen molar-refractivity contribution in [1.29, 1.82) is 5.26 Å². The van der Waals surface area contributed by atoms with E-state index < -0.39 is 5.60 Å². The number of rotatable bonds is 5. The molecule has 2 aromatic carbocycles. The summed E-state index contributed by atoms with van der Waals surface area (Å²) in [4.78, 5) is 19.2. The highest BCUT2D eigenvalue weighted by atomic mass is 79.9. The number of carbonyl (C=O) groups is 1. The van der Waals surface area contributed by atoms with Crippen molar-refractivity contribution >= 4 is 38.7 Å². The maximum Gasteiger partial charge on any atom is 0.415 e. The summed E-state index contributed by atoms with van der Waals surface area (Å²) in [5, 5.41) is 9.39. The van der Waals surface area contributed by atoms with Crippen LogP contribution in [0.4, 0.5) is 10.5 Å². The molecule has 1 saturated carbocycles. The summed E-state index contributed by atoms with van der Waals surface area (Å²) < 4.78 is 14.6. The lowest BCUT2D eigenvalue weighted by atomic mass is 9.68. The average molecular weight is 523 g/mol. The fraction of sp³-hybridized carbons (Fsp3) is 0.423. The number of nitriles is 1. The number of aromatic nitrogens is 2.